The number of likely N-dealkylation sites (tertiary alicyclic amines) is 1. The Hall–Kier alpha value is -2.40. The molecule has 27 heavy (non-hydrogen) atoms. The zero-order valence-electron chi connectivity index (χ0n) is 14.3. The Kier molecular flexibility index (Phi) is 5.24. The van der Waals surface area contributed by atoms with Crippen LogP contribution in [0.5, 0.6) is 0 Å². The molecule has 2 fully saturated rings. The van der Waals surface area contributed by atoms with Crippen LogP contribution in [0.4, 0.5) is 0 Å². The largest absolute Gasteiger partial charge is 0.740 e. The number of hydrogen-bond acceptors (Lipinski definition) is 8. The lowest BCUT2D eigenvalue weighted by atomic mass is 9.75. The highest BCUT2D eigenvalue weighted by atomic mass is 32.2. The average molecular weight is 397 g/mol. The molecule has 0 bridgehead atoms. The van der Waals surface area contributed by atoms with Crippen LogP contribution < -0.4 is 0 Å². The van der Waals surface area contributed by atoms with Crippen molar-refractivity contribution in [2.45, 2.75) is 44.1 Å². The number of carbonyl (C=O) groups excluding carboxylic acids is 5. The van der Waals surface area contributed by atoms with Crippen molar-refractivity contribution in [3.8, 4) is 0 Å². The van der Waals surface area contributed by atoms with Crippen LogP contribution in [0.25, 0.3) is 0 Å². The molecule has 2 heterocycles. The van der Waals surface area contributed by atoms with Crippen molar-refractivity contribution < 1.29 is 36.9 Å². The molecule has 1 saturated heterocycles. The van der Waals surface area contributed by atoms with Gasteiger partial charge < -0.3 is 8.74 Å². The van der Waals surface area contributed by atoms with E-state index in [9.17, 15) is 32.7 Å². The van der Waals surface area contributed by atoms with Gasteiger partial charge in [-0.05, 0) is 31.6 Å². The number of hydrogen-bond donors (Lipinski definition) is 0. The summed E-state index contributed by atoms with van der Waals surface area (Å²) in [4.78, 5) is 62.1. The molecule has 0 spiro atoms. The molecule has 11 heteroatoms. The van der Waals surface area contributed by atoms with Gasteiger partial charge in [0, 0.05) is 31.5 Å². The molecular weight excluding hydrogens is 380 g/mol. The van der Waals surface area contributed by atoms with Gasteiger partial charge >= 0.3 is 5.97 Å². The van der Waals surface area contributed by atoms with Gasteiger partial charge in [-0.15, -0.1) is 0 Å². The first-order valence-corrected chi connectivity index (χ1v) is 9.46. The van der Waals surface area contributed by atoms with Crippen molar-refractivity contribution in [1.82, 2.24) is 9.80 Å². The van der Waals surface area contributed by atoms with Crippen LogP contribution in [-0.4, -0.2) is 60.2 Å². The van der Waals surface area contributed by atoms with Gasteiger partial charge in [-0.2, -0.15) is 0 Å². The van der Waals surface area contributed by atoms with Crippen LogP contribution in [0.15, 0.2) is 12.2 Å². The van der Waals surface area contributed by atoms with Crippen LogP contribution in [0.2, 0.25) is 0 Å². The Morgan fingerprint density at radius 3 is 2.11 bits per heavy atom. The van der Waals surface area contributed by atoms with Gasteiger partial charge in [0.15, 0.2) is 0 Å². The molecule has 0 aromatic rings. The highest BCUT2D eigenvalue weighted by Crippen LogP contribution is 2.40. The van der Waals surface area contributed by atoms with Crippen molar-refractivity contribution in [2.24, 2.45) is 5.92 Å². The van der Waals surface area contributed by atoms with Crippen molar-refractivity contribution in [3.63, 3.8) is 0 Å². The molecule has 3 rings (SSSR count). The Bertz CT molecular complexity index is 734. The second kappa shape index (κ2) is 7.31. The van der Waals surface area contributed by atoms with E-state index in [1.54, 1.807) is 0 Å². The number of imide groups is 2. The minimum absolute atomic E-state index is 0.00876. The van der Waals surface area contributed by atoms with Crippen molar-refractivity contribution >= 4 is 41.0 Å². The third kappa shape index (κ3) is 3.56. The molecule has 1 unspecified atom stereocenters. The van der Waals surface area contributed by atoms with Gasteiger partial charge in [-0.1, -0.05) is 0 Å². The summed E-state index contributed by atoms with van der Waals surface area (Å²) in [6, 6.07) is 0. The molecular formula is C16H17N2O8S-. The van der Waals surface area contributed by atoms with E-state index in [2.05, 4.69) is 4.18 Å². The van der Waals surface area contributed by atoms with E-state index in [0.29, 0.717) is 12.8 Å². The predicted molar refractivity (Wildman–Crippen MR) is 86.6 cm³/mol. The molecule has 0 aromatic carbocycles. The van der Waals surface area contributed by atoms with Crippen LogP contribution in [0.1, 0.15) is 38.5 Å². The van der Waals surface area contributed by atoms with Gasteiger partial charge in [0.25, 0.3) is 11.8 Å². The van der Waals surface area contributed by atoms with Crippen LogP contribution in [-0.2, 0) is 39.5 Å². The lowest BCUT2D eigenvalue weighted by molar-refractivity contribution is -0.164. The van der Waals surface area contributed by atoms with Crippen molar-refractivity contribution in [2.75, 3.05) is 6.54 Å². The Balaban J connectivity index is 1.76. The first kappa shape index (κ1) is 19.4. The fraction of sp³-hybridized carbons (Fsp3) is 0.562. The average Bonchev–Trinajstić information content (AvgIpc) is 3.11. The monoisotopic (exact) mass is 397 g/mol. The van der Waals surface area contributed by atoms with Crippen LogP contribution in [0.3, 0.4) is 0 Å². The third-order valence-electron chi connectivity index (χ3n) is 5.28. The fourth-order valence-electron chi connectivity index (χ4n) is 3.92. The molecule has 1 aliphatic carbocycles. The molecule has 1 saturated carbocycles. The van der Waals surface area contributed by atoms with Crippen LogP contribution in [0, 0.1) is 5.92 Å². The smallest absolute Gasteiger partial charge is 0.345 e. The topological polar surface area (TPSA) is 141 Å². The van der Waals surface area contributed by atoms with E-state index < -0.39 is 46.5 Å². The summed E-state index contributed by atoms with van der Waals surface area (Å²) in [5, 5.41) is 0. The molecule has 146 valence electrons. The van der Waals surface area contributed by atoms with Gasteiger partial charge in [-0.3, -0.25) is 29.0 Å². The first-order valence-electron chi connectivity index (χ1n) is 8.46. The van der Waals surface area contributed by atoms with Crippen molar-refractivity contribution in [3.05, 3.63) is 12.2 Å². The molecule has 4 amide bonds. The molecule has 0 radical (unpaired) electrons. The van der Waals surface area contributed by atoms with Crippen LogP contribution >= 0.6 is 0 Å². The maximum atomic E-state index is 12.5. The SMILES string of the molecule is O=C1C=CC(=O)N1CC1CCC(C(=O)OS(=O)[O-])(N2C(=O)CCC2=O)CC1. The fourth-order valence-corrected chi connectivity index (χ4v) is 4.20. The first-order chi connectivity index (χ1) is 12.7. The zero-order valence-corrected chi connectivity index (χ0v) is 15.1. The number of rotatable bonds is 5. The molecule has 0 aromatic heterocycles. The van der Waals surface area contributed by atoms with E-state index in [4.69, 9.17) is 0 Å². The highest BCUT2D eigenvalue weighted by Gasteiger charge is 2.54. The molecule has 1 atom stereocenters. The normalized spacial score (nSPS) is 29.6. The van der Waals surface area contributed by atoms with E-state index in [0.717, 1.165) is 9.80 Å². The van der Waals surface area contributed by atoms with E-state index >= 15 is 0 Å². The number of carbonyl (C=O) groups is 5. The lowest BCUT2D eigenvalue weighted by Gasteiger charge is -2.43. The Labute approximate surface area is 157 Å². The summed E-state index contributed by atoms with van der Waals surface area (Å²) < 4.78 is 25.9. The highest BCUT2D eigenvalue weighted by molar-refractivity contribution is 7.74. The summed E-state index contributed by atoms with van der Waals surface area (Å²) in [6.07, 6.45) is 2.92. The molecule has 0 N–H and O–H groups in total. The number of nitrogens with zero attached hydrogens (tertiary/aromatic N) is 2. The Morgan fingerprint density at radius 1 is 1.11 bits per heavy atom. The van der Waals surface area contributed by atoms with Gasteiger partial charge in [0.2, 0.25) is 11.8 Å². The molecule has 3 aliphatic rings. The summed E-state index contributed by atoms with van der Waals surface area (Å²) in [5.41, 5.74) is -1.67. The lowest BCUT2D eigenvalue weighted by Crippen LogP contribution is -2.59. The summed E-state index contributed by atoms with van der Waals surface area (Å²) >= 11 is -3.12. The van der Waals surface area contributed by atoms with Gasteiger partial charge in [0.1, 0.15) is 16.9 Å². The second-order valence-electron chi connectivity index (χ2n) is 6.79. The third-order valence-corrected chi connectivity index (χ3v) is 5.56. The van der Waals surface area contributed by atoms with E-state index in [-0.39, 0.29) is 38.1 Å². The summed E-state index contributed by atoms with van der Waals surface area (Å²) in [5.74, 6) is -3.20. The van der Waals surface area contributed by atoms with E-state index in [1.807, 2.05) is 0 Å². The molecule has 2 aliphatic heterocycles. The molecule has 10 nitrogen and oxygen atoms in total. The minimum Gasteiger partial charge on any atom is -0.740 e. The zero-order chi connectivity index (χ0) is 19.8. The summed E-state index contributed by atoms with van der Waals surface area (Å²) in [7, 11) is 0. The quantitative estimate of drug-likeness (QED) is 0.439. The van der Waals surface area contributed by atoms with Crippen molar-refractivity contribution in [1.29, 1.82) is 0 Å². The maximum Gasteiger partial charge on any atom is 0.345 e. The number of amides is 4. The minimum atomic E-state index is -3.12. The summed E-state index contributed by atoms with van der Waals surface area (Å²) in [6.45, 7) is 0.158. The Morgan fingerprint density at radius 2 is 1.63 bits per heavy atom. The van der Waals surface area contributed by atoms with E-state index in [1.165, 1.54) is 12.2 Å². The van der Waals surface area contributed by atoms with Gasteiger partial charge in [-0.25, -0.2) is 9.00 Å². The predicted octanol–water partition coefficient (Wildman–Crippen LogP) is -0.673. The second-order valence-corrected chi connectivity index (χ2v) is 7.37. The van der Waals surface area contributed by atoms with Gasteiger partial charge in [0.05, 0.1) is 0 Å². The standard InChI is InChI=1S/C16H18N2O8S/c19-11-1-2-12(20)17(11)9-10-5-7-16(8-6-10,15(23)26-27(24)25)18-13(21)3-4-14(18)22/h1-2,10H,3-9H2,(H,24,25)/p-1. The maximum absolute atomic E-state index is 12.5.